The first kappa shape index (κ1) is 5.69. The van der Waals surface area contributed by atoms with E-state index in [0.717, 1.165) is 0 Å². The number of thiol groups is 1. The Morgan fingerprint density at radius 1 is 1.83 bits per heavy atom. The van der Waals surface area contributed by atoms with Crippen LogP contribution >= 0.6 is 12.6 Å². The van der Waals surface area contributed by atoms with Crippen molar-refractivity contribution in [3.05, 3.63) is 12.0 Å². The molecule has 0 aromatic heterocycles. The molecule has 2 nitrogen and oxygen atoms in total. The molecule has 2 N–H and O–H groups in total. The fourth-order valence-electron chi connectivity index (χ4n) is 0.0408. The highest BCUT2D eigenvalue weighted by Gasteiger charge is 1.79. The Bertz CT molecular complexity index is 59.8. The van der Waals surface area contributed by atoms with Crippen LogP contribution in [-0.4, -0.2) is 16.0 Å². The minimum absolute atomic E-state index is 0.113. The van der Waals surface area contributed by atoms with Gasteiger partial charge < -0.3 is 10.2 Å². The molecule has 0 heterocycles. The van der Waals surface area contributed by atoms with E-state index >= 15 is 0 Å². The molecule has 0 aromatic carbocycles. The number of hydrogen-bond donors (Lipinski definition) is 3. The second-order valence-electron chi connectivity index (χ2n) is 0.779. The van der Waals surface area contributed by atoms with Gasteiger partial charge >= 0.3 is 0 Å². The summed E-state index contributed by atoms with van der Waals surface area (Å²) in [6.45, 7) is 0. The van der Waals surface area contributed by atoms with Gasteiger partial charge in [0.1, 0.15) is 12.0 Å². The van der Waals surface area contributed by atoms with Crippen LogP contribution in [0.1, 0.15) is 0 Å². The molecule has 0 aromatic rings. The van der Waals surface area contributed by atoms with Crippen LogP contribution in [0.3, 0.4) is 0 Å². The summed E-state index contributed by atoms with van der Waals surface area (Å²) in [5.41, 5.74) is 0. The third-order valence-corrected chi connectivity index (χ3v) is 0.635. The largest absolute Gasteiger partial charge is 0.512 e. The van der Waals surface area contributed by atoms with Crippen LogP contribution in [0.15, 0.2) is 12.0 Å². The van der Waals surface area contributed by atoms with Gasteiger partial charge in [-0.05, 0) is 0 Å². The van der Waals surface area contributed by atoms with Crippen LogP contribution in [-0.2, 0) is 0 Å². The summed E-state index contributed by atoms with van der Waals surface area (Å²) >= 11 is 3.62. The van der Waals surface area contributed by atoms with Crippen LogP contribution in [0, 0.1) is 0 Å². The van der Waals surface area contributed by atoms with E-state index in [-0.39, 0.29) is 11.5 Å². The highest BCUT2D eigenvalue weighted by Crippen LogP contribution is 1.85. The molecule has 3 heteroatoms. The predicted molar refractivity (Wildman–Crippen MR) is 27.2 cm³/mol. The summed E-state index contributed by atoms with van der Waals surface area (Å²) in [4.78, 5) is 0. The Labute approximate surface area is 41.5 Å². The summed E-state index contributed by atoms with van der Waals surface area (Å²) in [5.74, 6) is 0.0783. The molecular formula is C3H6O2S. The molecule has 0 saturated heterocycles. The standard InChI is InChI=1S/C3H6O2S/c4-1-3(5)2-6/h1,4-6H,2H2/b3-1+. The smallest absolute Gasteiger partial charge is 0.136 e. The zero-order chi connectivity index (χ0) is 4.99. The van der Waals surface area contributed by atoms with E-state index in [1.165, 1.54) is 0 Å². The molecular weight excluding hydrogens is 100 g/mol. The number of aliphatic hydroxyl groups excluding tert-OH is 2. The maximum absolute atomic E-state index is 8.20. The van der Waals surface area contributed by atoms with E-state index in [0.29, 0.717) is 6.26 Å². The quantitative estimate of drug-likeness (QED) is 0.343. The van der Waals surface area contributed by atoms with Crippen molar-refractivity contribution in [1.29, 1.82) is 0 Å². The molecule has 0 unspecified atom stereocenters. The van der Waals surface area contributed by atoms with E-state index in [1.807, 2.05) is 0 Å². The zero-order valence-electron chi connectivity index (χ0n) is 3.13. The summed E-state index contributed by atoms with van der Waals surface area (Å²) in [6.07, 6.45) is 0.618. The first-order valence-corrected chi connectivity index (χ1v) is 2.07. The summed E-state index contributed by atoms with van der Waals surface area (Å²) in [7, 11) is 0. The Morgan fingerprint density at radius 3 is 2.33 bits per heavy atom. The third kappa shape index (κ3) is 1.96. The molecule has 0 saturated carbocycles. The minimum Gasteiger partial charge on any atom is -0.512 e. The van der Waals surface area contributed by atoms with Gasteiger partial charge in [-0.3, -0.25) is 0 Å². The highest BCUT2D eigenvalue weighted by atomic mass is 32.1. The van der Waals surface area contributed by atoms with Crippen molar-refractivity contribution in [2.24, 2.45) is 0 Å². The number of aliphatic hydroxyl groups is 2. The van der Waals surface area contributed by atoms with E-state index in [2.05, 4.69) is 12.6 Å². The van der Waals surface area contributed by atoms with Crippen molar-refractivity contribution < 1.29 is 10.2 Å². The lowest BCUT2D eigenvalue weighted by Gasteiger charge is -1.83. The SMILES string of the molecule is O/C=C(/O)CS. The van der Waals surface area contributed by atoms with Crippen molar-refractivity contribution in [2.45, 2.75) is 0 Å². The average Bonchev–Trinajstić information content (AvgIpc) is 1.65. The molecule has 0 fully saturated rings. The van der Waals surface area contributed by atoms with Crippen molar-refractivity contribution in [2.75, 3.05) is 5.75 Å². The van der Waals surface area contributed by atoms with Crippen molar-refractivity contribution in [1.82, 2.24) is 0 Å². The minimum atomic E-state index is -0.113. The van der Waals surface area contributed by atoms with Gasteiger partial charge in [-0.15, -0.1) is 0 Å². The van der Waals surface area contributed by atoms with Crippen molar-refractivity contribution in [3.63, 3.8) is 0 Å². The molecule has 0 aliphatic rings. The van der Waals surface area contributed by atoms with Crippen LogP contribution < -0.4 is 0 Å². The Hall–Kier alpha value is -0.310. The molecule has 0 radical (unpaired) electrons. The van der Waals surface area contributed by atoms with E-state index < -0.39 is 0 Å². The maximum atomic E-state index is 8.20. The normalized spacial score (nSPS) is 11.8. The Morgan fingerprint density at radius 2 is 2.33 bits per heavy atom. The molecule has 0 spiro atoms. The van der Waals surface area contributed by atoms with Crippen molar-refractivity contribution >= 4 is 12.6 Å². The lowest BCUT2D eigenvalue weighted by atomic mass is 10.6. The van der Waals surface area contributed by atoms with Crippen molar-refractivity contribution in [3.8, 4) is 0 Å². The van der Waals surface area contributed by atoms with Gasteiger partial charge in [0.05, 0.1) is 5.75 Å². The van der Waals surface area contributed by atoms with Crippen LogP contribution in [0.4, 0.5) is 0 Å². The monoisotopic (exact) mass is 106 g/mol. The van der Waals surface area contributed by atoms with Gasteiger partial charge in [0.15, 0.2) is 0 Å². The first-order chi connectivity index (χ1) is 2.81. The van der Waals surface area contributed by atoms with E-state index in [9.17, 15) is 0 Å². The van der Waals surface area contributed by atoms with Crippen LogP contribution in [0.2, 0.25) is 0 Å². The van der Waals surface area contributed by atoms with Crippen LogP contribution in [0.25, 0.3) is 0 Å². The van der Waals surface area contributed by atoms with Gasteiger partial charge in [0, 0.05) is 0 Å². The maximum Gasteiger partial charge on any atom is 0.136 e. The third-order valence-electron chi connectivity index (χ3n) is 0.311. The van der Waals surface area contributed by atoms with Gasteiger partial charge in [-0.1, -0.05) is 0 Å². The fraction of sp³-hybridized carbons (Fsp3) is 0.333. The van der Waals surface area contributed by atoms with Gasteiger partial charge in [-0.2, -0.15) is 12.6 Å². The second kappa shape index (κ2) is 2.90. The summed E-state index contributed by atoms with van der Waals surface area (Å²) in [5, 5.41) is 16.1. The molecule has 0 aliphatic carbocycles. The molecule has 6 heavy (non-hydrogen) atoms. The Balaban J connectivity index is 3.22. The average molecular weight is 106 g/mol. The highest BCUT2D eigenvalue weighted by molar-refractivity contribution is 7.80. The van der Waals surface area contributed by atoms with E-state index in [4.69, 9.17) is 10.2 Å². The molecule has 0 rings (SSSR count). The molecule has 0 aliphatic heterocycles. The molecule has 0 bridgehead atoms. The molecule has 0 amide bonds. The number of rotatable bonds is 1. The molecule has 36 valence electrons. The lowest BCUT2D eigenvalue weighted by molar-refractivity contribution is 0.366. The van der Waals surface area contributed by atoms with Gasteiger partial charge in [0.25, 0.3) is 0 Å². The zero-order valence-corrected chi connectivity index (χ0v) is 4.02. The first-order valence-electron chi connectivity index (χ1n) is 1.44. The topological polar surface area (TPSA) is 40.5 Å². The summed E-state index contributed by atoms with van der Waals surface area (Å²) in [6, 6.07) is 0. The lowest BCUT2D eigenvalue weighted by Crippen LogP contribution is -1.78. The van der Waals surface area contributed by atoms with Crippen LogP contribution in [0.5, 0.6) is 0 Å². The second-order valence-corrected chi connectivity index (χ2v) is 1.09. The predicted octanol–water partition coefficient (Wildman–Crippen LogP) is 0.874. The van der Waals surface area contributed by atoms with Gasteiger partial charge in [0.2, 0.25) is 0 Å². The fourth-order valence-corrected chi connectivity index (χ4v) is 0.122. The van der Waals surface area contributed by atoms with Gasteiger partial charge in [-0.25, -0.2) is 0 Å². The molecule has 0 atom stereocenters. The van der Waals surface area contributed by atoms with E-state index in [1.54, 1.807) is 0 Å². The number of hydrogen-bond acceptors (Lipinski definition) is 3. The Kier molecular flexibility index (Phi) is 2.75. The summed E-state index contributed by atoms with van der Waals surface area (Å²) < 4.78 is 0.